The summed E-state index contributed by atoms with van der Waals surface area (Å²) in [7, 11) is -4.59. The van der Waals surface area contributed by atoms with Gasteiger partial charge in [-0.15, -0.1) is 11.8 Å². The molecule has 2 unspecified atom stereocenters. The number of phenolic OH excluding ortho intramolecular Hbond substituents is 1. The number of likely N-dealkylation sites (tertiary alicyclic amines) is 1. The van der Waals surface area contributed by atoms with Crippen LogP contribution in [0.2, 0.25) is 0 Å². The van der Waals surface area contributed by atoms with E-state index in [0.29, 0.717) is 22.0 Å². The summed E-state index contributed by atoms with van der Waals surface area (Å²) in [6.45, 7) is 0.260. The minimum Gasteiger partial charge on any atom is -0.508 e. The number of hydrogen-bond donors (Lipinski definition) is 3. The first kappa shape index (κ1) is 17.6. The van der Waals surface area contributed by atoms with Crippen LogP contribution in [0.15, 0.2) is 24.3 Å². The molecule has 3 fully saturated rings. The van der Waals surface area contributed by atoms with Gasteiger partial charge >= 0.3 is 10.3 Å². The van der Waals surface area contributed by atoms with E-state index in [2.05, 4.69) is 5.32 Å². The van der Waals surface area contributed by atoms with Crippen molar-refractivity contribution in [2.45, 2.75) is 29.9 Å². The number of fused-ring (bicyclic) bond motifs is 1. The molecule has 3 saturated heterocycles. The lowest BCUT2D eigenvalue weighted by molar-refractivity contribution is -0.152. The number of hydrogen-bond acceptors (Lipinski definition) is 7. The number of aromatic hydroxyl groups is 1. The normalized spacial score (nSPS) is 31.0. The Labute approximate surface area is 154 Å². The van der Waals surface area contributed by atoms with Crippen LogP contribution in [0.3, 0.4) is 0 Å². The SMILES string of the molecule is O=C([C@H]1CS[C@@H](c2ccccc2O)N1)N1CCC2C1C(=O)N2S(=O)(=O)O. The van der Waals surface area contributed by atoms with E-state index in [4.69, 9.17) is 4.55 Å². The lowest BCUT2D eigenvalue weighted by Gasteiger charge is -2.42. The van der Waals surface area contributed by atoms with Crippen LogP contribution in [0.1, 0.15) is 17.4 Å². The summed E-state index contributed by atoms with van der Waals surface area (Å²) in [6, 6.07) is 4.82. The number of nitrogens with zero attached hydrogens (tertiary/aromatic N) is 2. The Kier molecular flexibility index (Phi) is 4.14. The fraction of sp³-hybridized carbons (Fsp3) is 0.467. The summed E-state index contributed by atoms with van der Waals surface area (Å²) >= 11 is 1.48. The number of benzene rings is 1. The Morgan fingerprint density at radius 3 is 2.73 bits per heavy atom. The Balaban J connectivity index is 1.45. The smallest absolute Gasteiger partial charge is 0.362 e. The van der Waals surface area contributed by atoms with Gasteiger partial charge in [-0.25, -0.2) is 4.31 Å². The third-order valence-corrected chi connectivity index (χ3v) is 7.17. The monoisotopic (exact) mass is 399 g/mol. The zero-order chi connectivity index (χ0) is 18.6. The van der Waals surface area contributed by atoms with Gasteiger partial charge in [0.2, 0.25) is 5.91 Å². The number of amides is 2. The molecule has 3 aliphatic heterocycles. The van der Waals surface area contributed by atoms with Crippen molar-refractivity contribution < 1.29 is 27.7 Å². The number of phenols is 1. The van der Waals surface area contributed by atoms with Gasteiger partial charge in [0.15, 0.2) is 0 Å². The van der Waals surface area contributed by atoms with Crippen molar-refractivity contribution in [3.8, 4) is 5.75 Å². The summed E-state index contributed by atoms with van der Waals surface area (Å²) < 4.78 is 32.1. The fourth-order valence-corrected chi connectivity index (χ4v) is 5.93. The van der Waals surface area contributed by atoms with Gasteiger partial charge in [-0.3, -0.25) is 19.5 Å². The van der Waals surface area contributed by atoms with Crippen LogP contribution in [0, 0.1) is 0 Å². The van der Waals surface area contributed by atoms with Crippen molar-refractivity contribution in [3.63, 3.8) is 0 Å². The van der Waals surface area contributed by atoms with Gasteiger partial charge < -0.3 is 10.0 Å². The summed E-state index contributed by atoms with van der Waals surface area (Å²) in [4.78, 5) is 26.3. The Hall–Kier alpha value is -1.82. The van der Waals surface area contributed by atoms with Crippen molar-refractivity contribution >= 4 is 33.9 Å². The Bertz CT molecular complexity index is 876. The molecule has 0 radical (unpaired) electrons. The first-order chi connectivity index (χ1) is 12.3. The molecule has 2 amide bonds. The molecule has 9 nitrogen and oxygen atoms in total. The number of carbonyl (C=O) groups is 2. The third kappa shape index (κ3) is 2.66. The quantitative estimate of drug-likeness (QED) is 0.467. The van der Waals surface area contributed by atoms with Crippen molar-refractivity contribution in [2.75, 3.05) is 12.3 Å². The summed E-state index contributed by atoms with van der Waals surface area (Å²) in [5.74, 6) is -0.427. The van der Waals surface area contributed by atoms with E-state index in [1.54, 1.807) is 24.3 Å². The molecule has 4 rings (SSSR count). The number of nitrogens with one attached hydrogen (secondary N) is 1. The van der Waals surface area contributed by atoms with E-state index < -0.39 is 34.3 Å². The van der Waals surface area contributed by atoms with Crippen LogP contribution in [0.4, 0.5) is 0 Å². The maximum Gasteiger partial charge on any atom is 0.362 e. The lowest BCUT2D eigenvalue weighted by atomic mass is 10.00. The van der Waals surface area contributed by atoms with E-state index in [9.17, 15) is 23.1 Å². The highest BCUT2D eigenvalue weighted by atomic mass is 32.2. The van der Waals surface area contributed by atoms with Crippen molar-refractivity contribution in [1.29, 1.82) is 0 Å². The molecule has 4 atom stereocenters. The summed E-state index contributed by atoms with van der Waals surface area (Å²) in [6.07, 6.45) is 0.310. The van der Waals surface area contributed by atoms with Crippen molar-refractivity contribution in [2.24, 2.45) is 0 Å². The molecular formula is C15H17N3O6S2. The van der Waals surface area contributed by atoms with Crippen LogP contribution >= 0.6 is 11.8 Å². The summed E-state index contributed by atoms with van der Waals surface area (Å²) in [5, 5.41) is 12.9. The van der Waals surface area contributed by atoms with Gasteiger partial charge in [0.1, 0.15) is 11.8 Å². The molecule has 3 aliphatic rings. The van der Waals surface area contributed by atoms with E-state index in [1.807, 2.05) is 0 Å². The number of thioether (sulfide) groups is 1. The predicted octanol–water partition coefficient (Wildman–Crippen LogP) is -0.290. The van der Waals surface area contributed by atoms with Crippen LogP contribution < -0.4 is 5.32 Å². The van der Waals surface area contributed by atoms with Gasteiger partial charge in [0.05, 0.1) is 17.5 Å². The van der Waals surface area contributed by atoms with E-state index in [1.165, 1.54) is 16.7 Å². The topological polar surface area (TPSA) is 127 Å². The first-order valence-corrected chi connectivity index (χ1v) is 10.5. The lowest BCUT2D eigenvalue weighted by Crippen LogP contribution is -2.69. The average molecular weight is 399 g/mol. The summed E-state index contributed by atoms with van der Waals surface area (Å²) in [5.41, 5.74) is 0.685. The second-order valence-corrected chi connectivity index (χ2v) is 8.86. The van der Waals surface area contributed by atoms with Gasteiger partial charge in [-0.2, -0.15) is 8.42 Å². The zero-order valence-corrected chi connectivity index (χ0v) is 15.1. The molecule has 0 spiro atoms. The standard InChI is InChI=1S/C15H17N3O6S2/c19-11-4-2-1-3-8(11)13-16-9(7-25-13)14(20)17-6-5-10-12(17)15(21)18(10)26(22,23)24/h1-4,9-10,12-13,16,19H,5-7H2,(H,22,23,24)/t9-,10?,12?,13+/m1/s1. The van der Waals surface area contributed by atoms with Gasteiger partial charge in [-0.05, 0) is 12.5 Å². The number of rotatable bonds is 3. The molecule has 0 bridgehead atoms. The van der Waals surface area contributed by atoms with Crippen molar-refractivity contribution in [1.82, 2.24) is 14.5 Å². The molecule has 3 N–H and O–H groups in total. The zero-order valence-electron chi connectivity index (χ0n) is 13.5. The molecule has 11 heteroatoms. The van der Waals surface area contributed by atoms with Gasteiger partial charge in [0.25, 0.3) is 5.91 Å². The predicted molar refractivity (Wildman–Crippen MR) is 92.5 cm³/mol. The van der Waals surface area contributed by atoms with E-state index in [-0.39, 0.29) is 23.6 Å². The van der Waals surface area contributed by atoms with E-state index >= 15 is 0 Å². The highest BCUT2D eigenvalue weighted by Gasteiger charge is 2.60. The van der Waals surface area contributed by atoms with Gasteiger partial charge in [-0.1, -0.05) is 18.2 Å². The highest BCUT2D eigenvalue weighted by molar-refractivity contribution is 7.99. The average Bonchev–Trinajstić information content (AvgIpc) is 3.18. The Morgan fingerprint density at radius 1 is 1.31 bits per heavy atom. The molecule has 0 aromatic heterocycles. The third-order valence-electron chi connectivity index (χ3n) is 4.97. The maximum absolute atomic E-state index is 12.8. The second-order valence-electron chi connectivity index (χ2n) is 6.44. The first-order valence-electron chi connectivity index (χ1n) is 8.06. The maximum atomic E-state index is 12.8. The molecule has 1 aromatic rings. The molecule has 26 heavy (non-hydrogen) atoms. The van der Waals surface area contributed by atoms with Gasteiger partial charge in [0, 0.05) is 17.9 Å². The minimum absolute atomic E-state index is 0.143. The van der Waals surface area contributed by atoms with Crippen LogP contribution in [-0.4, -0.2) is 69.5 Å². The van der Waals surface area contributed by atoms with Crippen LogP contribution in [-0.2, 0) is 19.9 Å². The van der Waals surface area contributed by atoms with E-state index in [0.717, 1.165) is 0 Å². The second kappa shape index (κ2) is 6.12. The molecule has 3 heterocycles. The largest absolute Gasteiger partial charge is 0.508 e. The molecule has 140 valence electrons. The minimum atomic E-state index is -4.59. The van der Waals surface area contributed by atoms with Crippen LogP contribution in [0.25, 0.3) is 0 Å². The fourth-order valence-electron chi connectivity index (χ4n) is 3.77. The number of β-lactam (4-membered cyclic amide) rings is 1. The Morgan fingerprint density at radius 2 is 2.04 bits per heavy atom. The number of carbonyl (C=O) groups excluding carboxylic acids is 2. The number of para-hydroxylation sites is 1. The van der Waals surface area contributed by atoms with Crippen molar-refractivity contribution in [3.05, 3.63) is 29.8 Å². The molecule has 0 saturated carbocycles. The molecule has 1 aromatic carbocycles. The van der Waals surface area contributed by atoms with Crippen LogP contribution in [0.5, 0.6) is 5.75 Å². The molecule has 0 aliphatic carbocycles. The highest BCUT2D eigenvalue weighted by Crippen LogP contribution is 2.40. The molecular weight excluding hydrogens is 382 g/mol.